The van der Waals surface area contributed by atoms with Gasteiger partial charge in [-0.05, 0) is 31.3 Å². The van der Waals surface area contributed by atoms with Crippen LogP contribution in [0.5, 0.6) is 11.5 Å². The number of carbonyl (C=O) groups excluding carboxylic acids is 1. The minimum atomic E-state index is -0.0749. The van der Waals surface area contributed by atoms with Crippen molar-refractivity contribution in [2.75, 3.05) is 39.4 Å². The average Bonchev–Trinajstić information content (AvgIpc) is 2.51. The van der Waals surface area contributed by atoms with E-state index in [2.05, 4.69) is 24.1 Å². The molecule has 1 aliphatic rings. The van der Waals surface area contributed by atoms with Crippen molar-refractivity contribution < 1.29 is 14.3 Å². The van der Waals surface area contributed by atoms with E-state index in [0.717, 1.165) is 19.6 Å². The fourth-order valence-corrected chi connectivity index (χ4v) is 2.15. The molecule has 0 radical (unpaired) electrons. The highest BCUT2D eigenvalue weighted by Crippen LogP contribution is 2.30. The third-order valence-corrected chi connectivity index (χ3v) is 3.41. The zero-order chi connectivity index (χ0) is 14.4. The Morgan fingerprint density at radius 1 is 1.20 bits per heavy atom. The van der Waals surface area contributed by atoms with Crippen LogP contribution >= 0.6 is 0 Å². The van der Waals surface area contributed by atoms with Crippen LogP contribution in [0.2, 0.25) is 0 Å². The average molecular weight is 278 g/mol. The van der Waals surface area contributed by atoms with E-state index in [9.17, 15) is 4.79 Å². The van der Waals surface area contributed by atoms with E-state index in [1.807, 2.05) is 0 Å². The number of carbonyl (C=O) groups is 1. The van der Waals surface area contributed by atoms with E-state index < -0.39 is 0 Å². The summed E-state index contributed by atoms with van der Waals surface area (Å²) in [6.45, 7) is 8.83. The van der Waals surface area contributed by atoms with Crippen LogP contribution in [0, 0.1) is 0 Å². The molecule has 2 rings (SSSR count). The molecule has 0 spiro atoms. The summed E-state index contributed by atoms with van der Waals surface area (Å²) in [6.07, 6.45) is 0. The van der Waals surface area contributed by atoms with Gasteiger partial charge in [-0.2, -0.15) is 0 Å². The van der Waals surface area contributed by atoms with E-state index in [1.54, 1.807) is 18.2 Å². The molecule has 0 saturated heterocycles. The first-order valence-corrected chi connectivity index (χ1v) is 7.14. The summed E-state index contributed by atoms with van der Waals surface area (Å²) in [7, 11) is 0. The Kier molecular flexibility index (Phi) is 5.24. The van der Waals surface area contributed by atoms with Gasteiger partial charge in [-0.15, -0.1) is 0 Å². The Balaban J connectivity index is 1.89. The number of rotatable bonds is 6. The zero-order valence-electron chi connectivity index (χ0n) is 12.1. The first kappa shape index (κ1) is 14.7. The minimum Gasteiger partial charge on any atom is -0.486 e. The third kappa shape index (κ3) is 3.63. The van der Waals surface area contributed by atoms with Crippen LogP contribution in [-0.2, 0) is 0 Å². The molecule has 0 aromatic heterocycles. The summed E-state index contributed by atoms with van der Waals surface area (Å²) < 4.78 is 10.9. The first-order chi connectivity index (χ1) is 9.74. The lowest BCUT2D eigenvalue weighted by Crippen LogP contribution is -2.34. The van der Waals surface area contributed by atoms with Gasteiger partial charge in [0.25, 0.3) is 5.91 Å². The summed E-state index contributed by atoms with van der Waals surface area (Å²) in [6, 6.07) is 5.29. The highest BCUT2D eigenvalue weighted by atomic mass is 16.6. The lowest BCUT2D eigenvalue weighted by atomic mass is 10.2. The fourth-order valence-electron chi connectivity index (χ4n) is 2.15. The molecule has 0 unspecified atom stereocenters. The van der Waals surface area contributed by atoms with Gasteiger partial charge >= 0.3 is 0 Å². The van der Waals surface area contributed by atoms with E-state index in [-0.39, 0.29) is 5.91 Å². The molecule has 1 heterocycles. The predicted molar refractivity (Wildman–Crippen MR) is 77.6 cm³/mol. The highest BCUT2D eigenvalue weighted by Gasteiger charge is 2.14. The number of amides is 1. The van der Waals surface area contributed by atoms with Crippen LogP contribution in [0.15, 0.2) is 18.2 Å². The fraction of sp³-hybridized carbons (Fsp3) is 0.533. The van der Waals surface area contributed by atoms with Crippen LogP contribution in [0.4, 0.5) is 0 Å². The maximum Gasteiger partial charge on any atom is 0.251 e. The molecule has 1 aromatic rings. The van der Waals surface area contributed by atoms with Gasteiger partial charge < -0.3 is 19.7 Å². The monoisotopic (exact) mass is 278 g/mol. The standard InChI is InChI=1S/C15H22N2O3/c1-3-17(4-2)8-7-16-15(18)12-5-6-13-14(11-12)20-10-9-19-13/h5-6,11H,3-4,7-10H2,1-2H3,(H,16,18). The molecule has 1 aromatic carbocycles. The number of nitrogens with one attached hydrogen (secondary N) is 1. The molecule has 0 bridgehead atoms. The lowest BCUT2D eigenvalue weighted by molar-refractivity contribution is 0.0947. The number of fused-ring (bicyclic) bond motifs is 1. The normalized spacial score (nSPS) is 13.3. The summed E-state index contributed by atoms with van der Waals surface area (Å²) >= 11 is 0. The van der Waals surface area contributed by atoms with Gasteiger partial charge in [-0.3, -0.25) is 4.79 Å². The molecule has 5 heteroatoms. The molecular weight excluding hydrogens is 256 g/mol. The topological polar surface area (TPSA) is 50.8 Å². The number of hydrogen-bond donors (Lipinski definition) is 1. The smallest absolute Gasteiger partial charge is 0.251 e. The number of nitrogens with zero attached hydrogens (tertiary/aromatic N) is 1. The minimum absolute atomic E-state index is 0.0749. The van der Waals surface area contributed by atoms with Gasteiger partial charge in [0.2, 0.25) is 0 Å². The maximum absolute atomic E-state index is 12.1. The van der Waals surface area contributed by atoms with Crippen LogP contribution in [0.3, 0.4) is 0 Å². The first-order valence-electron chi connectivity index (χ1n) is 7.14. The molecular formula is C15H22N2O3. The molecule has 1 amide bonds. The van der Waals surface area contributed by atoms with Crippen molar-refractivity contribution in [1.82, 2.24) is 10.2 Å². The van der Waals surface area contributed by atoms with Gasteiger partial charge in [0.15, 0.2) is 11.5 Å². The number of hydrogen-bond acceptors (Lipinski definition) is 4. The molecule has 5 nitrogen and oxygen atoms in total. The van der Waals surface area contributed by atoms with Crippen LogP contribution in [-0.4, -0.2) is 50.2 Å². The van der Waals surface area contributed by atoms with Gasteiger partial charge in [0.05, 0.1) is 0 Å². The van der Waals surface area contributed by atoms with E-state index in [0.29, 0.717) is 36.8 Å². The van der Waals surface area contributed by atoms with Crippen molar-refractivity contribution in [2.45, 2.75) is 13.8 Å². The quantitative estimate of drug-likeness (QED) is 0.857. The van der Waals surface area contributed by atoms with Crippen molar-refractivity contribution >= 4 is 5.91 Å². The highest BCUT2D eigenvalue weighted by molar-refractivity contribution is 5.94. The Morgan fingerprint density at radius 2 is 1.90 bits per heavy atom. The largest absolute Gasteiger partial charge is 0.486 e. The third-order valence-electron chi connectivity index (χ3n) is 3.41. The van der Waals surface area contributed by atoms with E-state index in [4.69, 9.17) is 9.47 Å². The molecule has 0 fully saturated rings. The molecule has 0 saturated carbocycles. The molecule has 0 aliphatic carbocycles. The molecule has 110 valence electrons. The number of ether oxygens (including phenoxy) is 2. The predicted octanol–water partition coefficient (Wildman–Crippen LogP) is 1.53. The van der Waals surface area contributed by atoms with E-state index in [1.165, 1.54) is 0 Å². The SMILES string of the molecule is CCN(CC)CCNC(=O)c1ccc2c(c1)OCCO2. The maximum atomic E-state index is 12.1. The van der Waals surface area contributed by atoms with Gasteiger partial charge in [0.1, 0.15) is 13.2 Å². The van der Waals surface area contributed by atoms with Crippen LogP contribution in [0.1, 0.15) is 24.2 Å². The molecule has 20 heavy (non-hydrogen) atoms. The van der Waals surface area contributed by atoms with Crippen molar-refractivity contribution in [1.29, 1.82) is 0 Å². The van der Waals surface area contributed by atoms with Gasteiger partial charge in [-0.1, -0.05) is 13.8 Å². The zero-order valence-corrected chi connectivity index (χ0v) is 12.1. The Labute approximate surface area is 119 Å². The van der Waals surface area contributed by atoms with Crippen LogP contribution < -0.4 is 14.8 Å². The second-order valence-electron chi connectivity index (χ2n) is 4.64. The van der Waals surface area contributed by atoms with Gasteiger partial charge in [0, 0.05) is 18.7 Å². The van der Waals surface area contributed by atoms with Gasteiger partial charge in [-0.25, -0.2) is 0 Å². The Morgan fingerprint density at radius 3 is 2.60 bits per heavy atom. The Bertz CT molecular complexity index is 458. The second-order valence-corrected chi connectivity index (χ2v) is 4.64. The molecule has 1 N–H and O–H groups in total. The Hall–Kier alpha value is -1.75. The van der Waals surface area contributed by atoms with Crippen molar-refractivity contribution in [3.63, 3.8) is 0 Å². The lowest BCUT2D eigenvalue weighted by Gasteiger charge is -2.19. The second kappa shape index (κ2) is 7.14. The molecule has 1 aliphatic heterocycles. The van der Waals surface area contributed by atoms with Crippen molar-refractivity contribution in [2.24, 2.45) is 0 Å². The van der Waals surface area contributed by atoms with Crippen LogP contribution in [0.25, 0.3) is 0 Å². The van der Waals surface area contributed by atoms with Crippen molar-refractivity contribution in [3.05, 3.63) is 23.8 Å². The summed E-state index contributed by atoms with van der Waals surface area (Å²) in [5, 5.41) is 2.93. The molecule has 0 atom stereocenters. The number of benzene rings is 1. The van der Waals surface area contributed by atoms with E-state index >= 15 is 0 Å². The number of likely N-dealkylation sites (N-methyl/N-ethyl adjacent to an activating group) is 1. The summed E-state index contributed by atoms with van der Waals surface area (Å²) in [5.74, 6) is 1.28. The summed E-state index contributed by atoms with van der Waals surface area (Å²) in [5.41, 5.74) is 0.605. The summed E-state index contributed by atoms with van der Waals surface area (Å²) in [4.78, 5) is 14.3. The van der Waals surface area contributed by atoms with Crippen molar-refractivity contribution in [3.8, 4) is 11.5 Å².